The summed E-state index contributed by atoms with van der Waals surface area (Å²) in [4.78, 5) is 12.6. The number of ether oxygens (including phenoxy) is 4. The maximum Gasteiger partial charge on any atom is 0.407 e. The van der Waals surface area contributed by atoms with Gasteiger partial charge in [0.25, 0.3) is 0 Å². The minimum atomic E-state index is -4.48. The molecule has 0 aliphatic carbocycles. The lowest BCUT2D eigenvalue weighted by atomic mass is 9.95. The molecule has 2 saturated heterocycles. The van der Waals surface area contributed by atoms with Crippen LogP contribution >= 0.6 is 0 Å². The van der Waals surface area contributed by atoms with Crippen molar-refractivity contribution in [1.82, 2.24) is 9.62 Å². The number of carbonyl (C=O) groups is 1. The third kappa shape index (κ3) is 8.16. The van der Waals surface area contributed by atoms with Gasteiger partial charge < -0.3 is 29.4 Å². The Hall–Kier alpha value is -2.84. The summed E-state index contributed by atoms with van der Waals surface area (Å²) in [5.41, 5.74) is -1.24. The maximum atomic E-state index is 14.9. The first-order valence-corrected chi connectivity index (χ1v) is 15.3. The zero-order valence-corrected chi connectivity index (χ0v) is 24.7. The van der Waals surface area contributed by atoms with Gasteiger partial charge in [-0.3, -0.25) is 0 Å². The van der Waals surface area contributed by atoms with Crippen LogP contribution in [0.4, 0.5) is 13.6 Å². The largest absolute Gasteiger partial charge is 0.494 e. The number of benzene rings is 2. The third-order valence-electron chi connectivity index (χ3n) is 7.27. The summed E-state index contributed by atoms with van der Waals surface area (Å²) in [6.45, 7) is 2.04. The minimum Gasteiger partial charge on any atom is -0.494 e. The minimum absolute atomic E-state index is 0.112. The molecule has 13 heteroatoms. The van der Waals surface area contributed by atoms with Gasteiger partial charge in [-0.2, -0.15) is 4.31 Å². The fourth-order valence-electron chi connectivity index (χ4n) is 5.21. The number of carbonyl (C=O) groups excluding carboxylic acids is 1. The lowest BCUT2D eigenvalue weighted by molar-refractivity contribution is -0.179. The van der Waals surface area contributed by atoms with E-state index in [1.165, 1.54) is 21.0 Å². The Morgan fingerprint density at radius 2 is 1.86 bits per heavy atom. The van der Waals surface area contributed by atoms with Crippen LogP contribution in [0.1, 0.15) is 32.3 Å². The number of alkyl carbamates (subject to hydrolysis) is 1. The lowest BCUT2D eigenvalue weighted by Crippen LogP contribution is -2.53. The number of methoxy groups -OCH3 is 1. The molecule has 42 heavy (non-hydrogen) atoms. The number of hydrogen-bond donors (Lipinski definition) is 2. The number of fused-ring (bicyclic) bond motifs is 1. The van der Waals surface area contributed by atoms with E-state index in [9.17, 15) is 27.1 Å². The first kappa shape index (κ1) is 32.1. The van der Waals surface area contributed by atoms with E-state index in [1.807, 2.05) is 6.07 Å². The smallest absolute Gasteiger partial charge is 0.407 e. The fourth-order valence-corrected chi connectivity index (χ4v) is 6.82. The summed E-state index contributed by atoms with van der Waals surface area (Å²) in [5.74, 6) is -1.18. The SMILES string of the molecule is COc1ccc(S(=O)(=O)N(C[C@@H](O)[C@H](Cc2ccccc2)NC(=O)O[C@H]2CCO[C@H]3OCC[C@H]32)CC(C)(C)F)cc1F. The second-order valence-electron chi connectivity index (χ2n) is 11.1. The Morgan fingerprint density at radius 3 is 2.50 bits per heavy atom. The monoisotopic (exact) mass is 612 g/mol. The maximum absolute atomic E-state index is 14.9. The summed E-state index contributed by atoms with van der Waals surface area (Å²) in [5, 5.41) is 14.0. The molecule has 2 aliphatic rings. The molecular formula is C29H38F2N2O8S. The average molecular weight is 613 g/mol. The van der Waals surface area contributed by atoms with Gasteiger partial charge in [0.2, 0.25) is 10.0 Å². The van der Waals surface area contributed by atoms with Crippen LogP contribution in [0.15, 0.2) is 53.4 Å². The van der Waals surface area contributed by atoms with Crippen LogP contribution in [-0.4, -0.2) is 87.5 Å². The lowest BCUT2D eigenvalue weighted by Gasteiger charge is -2.34. The quantitative estimate of drug-likeness (QED) is 0.374. The Bertz CT molecular complexity index is 1310. The van der Waals surface area contributed by atoms with Gasteiger partial charge in [0.15, 0.2) is 17.9 Å². The molecule has 2 aromatic carbocycles. The van der Waals surface area contributed by atoms with E-state index in [4.69, 9.17) is 18.9 Å². The van der Waals surface area contributed by atoms with Crippen molar-refractivity contribution in [3.05, 3.63) is 59.9 Å². The van der Waals surface area contributed by atoms with E-state index < -0.39 is 70.1 Å². The van der Waals surface area contributed by atoms with Crippen LogP contribution in [0.25, 0.3) is 0 Å². The van der Waals surface area contributed by atoms with Crippen molar-refractivity contribution in [1.29, 1.82) is 0 Å². The summed E-state index contributed by atoms with van der Waals surface area (Å²) in [6, 6.07) is 11.1. The first-order valence-electron chi connectivity index (χ1n) is 13.8. The van der Waals surface area contributed by atoms with Crippen LogP contribution in [0, 0.1) is 11.7 Å². The highest BCUT2D eigenvalue weighted by Gasteiger charge is 2.41. The molecule has 10 nitrogen and oxygen atoms in total. The molecule has 0 aromatic heterocycles. The highest BCUT2D eigenvalue weighted by Crippen LogP contribution is 2.32. The average Bonchev–Trinajstić information content (AvgIpc) is 3.42. The number of alkyl halides is 1. The van der Waals surface area contributed by atoms with Gasteiger partial charge in [0.1, 0.15) is 11.8 Å². The summed E-state index contributed by atoms with van der Waals surface area (Å²) in [7, 11) is -3.23. The molecule has 232 valence electrons. The molecule has 2 N–H and O–H groups in total. The molecule has 2 heterocycles. The molecule has 2 aliphatic heterocycles. The zero-order valence-electron chi connectivity index (χ0n) is 23.9. The van der Waals surface area contributed by atoms with Gasteiger partial charge in [0, 0.05) is 25.4 Å². The van der Waals surface area contributed by atoms with Gasteiger partial charge in [-0.1, -0.05) is 30.3 Å². The highest BCUT2D eigenvalue weighted by atomic mass is 32.2. The molecule has 0 spiro atoms. The van der Waals surface area contributed by atoms with Crippen molar-refractivity contribution < 1.29 is 46.0 Å². The Balaban J connectivity index is 1.55. The van der Waals surface area contributed by atoms with Crippen LogP contribution in [0.5, 0.6) is 5.75 Å². The number of hydrogen-bond acceptors (Lipinski definition) is 8. The topological polar surface area (TPSA) is 124 Å². The van der Waals surface area contributed by atoms with Crippen molar-refractivity contribution in [2.24, 2.45) is 5.92 Å². The predicted molar refractivity (Wildman–Crippen MR) is 149 cm³/mol. The van der Waals surface area contributed by atoms with Crippen LogP contribution < -0.4 is 10.1 Å². The van der Waals surface area contributed by atoms with E-state index in [0.29, 0.717) is 26.1 Å². The molecule has 1 amide bonds. The Kier molecular flexibility index (Phi) is 10.4. The van der Waals surface area contributed by atoms with Crippen LogP contribution in [0.2, 0.25) is 0 Å². The van der Waals surface area contributed by atoms with E-state index in [1.54, 1.807) is 24.3 Å². The van der Waals surface area contributed by atoms with E-state index in [-0.39, 0.29) is 18.1 Å². The van der Waals surface area contributed by atoms with E-state index >= 15 is 0 Å². The molecule has 0 unspecified atom stereocenters. The van der Waals surface area contributed by atoms with Gasteiger partial charge >= 0.3 is 6.09 Å². The fraction of sp³-hybridized carbons (Fsp3) is 0.552. The number of rotatable bonds is 12. The molecule has 0 radical (unpaired) electrons. The van der Waals surface area contributed by atoms with Crippen molar-refractivity contribution in [3.8, 4) is 5.75 Å². The third-order valence-corrected chi connectivity index (χ3v) is 9.08. The number of amides is 1. The number of aliphatic hydroxyl groups excluding tert-OH is 1. The van der Waals surface area contributed by atoms with Crippen LogP contribution in [0.3, 0.4) is 0 Å². The summed E-state index contributed by atoms with van der Waals surface area (Å²) < 4.78 is 78.9. The number of nitrogens with zero attached hydrogens (tertiary/aromatic N) is 1. The summed E-state index contributed by atoms with van der Waals surface area (Å²) in [6.07, 6.45) is -1.87. The van der Waals surface area contributed by atoms with E-state index in [2.05, 4.69) is 5.32 Å². The molecule has 0 bridgehead atoms. The van der Waals surface area contributed by atoms with Crippen LogP contribution in [-0.2, 0) is 30.7 Å². The zero-order chi connectivity index (χ0) is 30.5. The van der Waals surface area contributed by atoms with Crippen molar-refractivity contribution in [2.45, 2.75) is 68.2 Å². The second kappa shape index (κ2) is 13.6. The van der Waals surface area contributed by atoms with Gasteiger partial charge in [-0.25, -0.2) is 22.0 Å². The van der Waals surface area contributed by atoms with Crippen molar-refractivity contribution in [3.63, 3.8) is 0 Å². The van der Waals surface area contributed by atoms with Gasteiger partial charge in [-0.05, 0) is 50.5 Å². The second-order valence-corrected chi connectivity index (χ2v) is 13.1. The summed E-state index contributed by atoms with van der Waals surface area (Å²) >= 11 is 0. The molecule has 0 saturated carbocycles. The number of aliphatic hydroxyl groups is 1. The normalized spacial score (nSPS) is 22.3. The first-order chi connectivity index (χ1) is 19.9. The predicted octanol–water partition coefficient (Wildman–Crippen LogP) is 3.42. The molecule has 4 rings (SSSR count). The molecular weight excluding hydrogens is 574 g/mol. The van der Waals surface area contributed by atoms with E-state index in [0.717, 1.165) is 28.1 Å². The Labute approximate surface area is 244 Å². The number of halogens is 2. The molecule has 2 aromatic rings. The number of nitrogens with one attached hydrogen (secondary N) is 1. The van der Waals surface area contributed by atoms with Crippen molar-refractivity contribution in [2.75, 3.05) is 33.4 Å². The van der Waals surface area contributed by atoms with Gasteiger partial charge in [0.05, 0.1) is 37.4 Å². The standard InChI is InChI=1S/C29H38F2N2O8S/c1-29(2,31)18-33(42(36,37)20-9-10-26(38-3)22(30)16-20)17-24(34)23(15-19-7-5-4-6-8-19)32-28(35)41-25-12-14-40-27-21(25)11-13-39-27/h4-10,16,21,23-25,27,34H,11-15,17-18H2,1-3H3,(H,32,35)/t21-,23-,24+,25-,27+/m0/s1. The highest BCUT2D eigenvalue weighted by molar-refractivity contribution is 7.89. The molecule has 5 atom stereocenters. The number of sulfonamides is 1. The molecule has 2 fully saturated rings. The Morgan fingerprint density at radius 1 is 1.17 bits per heavy atom. The van der Waals surface area contributed by atoms with Crippen molar-refractivity contribution >= 4 is 16.1 Å². The van der Waals surface area contributed by atoms with Gasteiger partial charge in [-0.15, -0.1) is 0 Å².